The van der Waals surface area contributed by atoms with Gasteiger partial charge in [-0.15, -0.1) is 0 Å². The zero-order valence-electron chi connectivity index (χ0n) is 20.6. The van der Waals surface area contributed by atoms with E-state index < -0.39 is 5.54 Å². The number of aliphatic hydroxyl groups is 1. The highest BCUT2D eigenvalue weighted by Gasteiger charge is 2.45. The van der Waals surface area contributed by atoms with Crippen LogP contribution in [-0.4, -0.2) is 46.2 Å². The van der Waals surface area contributed by atoms with Crippen molar-refractivity contribution in [3.8, 4) is 11.5 Å². The molecule has 0 radical (unpaired) electrons. The van der Waals surface area contributed by atoms with Gasteiger partial charge in [-0.05, 0) is 81.7 Å². The lowest BCUT2D eigenvalue weighted by Crippen LogP contribution is -2.38. The lowest BCUT2D eigenvalue weighted by atomic mass is 9.93. The Kier molecular flexibility index (Phi) is 6.01. The first-order chi connectivity index (χ1) is 16.8. The molecule has 0 bridgehead atoms. The summed E-state index contributed by atoms with van der Waals surface area (Å²) < 4.78 is 5.46. The number of aryl methyl sites for hydroxylation is 1. The third-order valence-corrected chi connectivity index (χ3v) is 7.22. The number of carbonyl (C=O) groups excluding carboxylic acids is 1. The molecule has 1 aliphatic heterocycles. The first kappa shape index (κ1) is 23.4. The molecule has 184 valence electrons. The van der Waals surface area contributed by atoms with Crippen molar-refractivity contribution < 1.29 is 14.3 Å². The van der Waals surface area contributed by atoms with E-state index in [0.29, 0.717) is 34.2 Å². The molecular weight excluding hydrogens is 442 g/mol. The second-order valence-electron chi connectivity index (χ2n) is 10.5. The molecule has 1 saturated heterocycles. The Bertz CT molecular complexity index is 1210. The smallest absolute Gasteiger partial charge is 0.259 e. The molecule has 0 atom stereocenters. The number of amides is 1. The lowest BCUT2D eigenvalue weighted by Gasteiger charge is -2.34. The monoisotopic (exact) mass is 475 g/mol. The molecule has 2 aromatic heterocycles. The van der Waals surface area contributed by atoms with Gasteiger partial charge in [0.2, 0.25) is 5.89 Å². The van der Waals surface area contributed by atoms with E-state index in [1.807, 2.05) is 45.0 Å². The topological polar surface area (TPSA) is 104 Å². The number of anilines is 3. The van der Waals surface area contributed by atoms with Crippen molar-refractivity contribution in [1.82, 2.24) is 9.97 Å². The van der Waals surface area contributed by atoms with Crippen molar-refractivity contribution >= 4 is 23.2 Å². The summed E-state index contributed by atoms with van der Waals surface area (Å²) in [5.74, 6) is 1.63. The Labute approximate surface area is 205 Å². The summed E-state index contributed by atoms with van der Waals surface area (Å²) in [6, 6.07) is 9.32. The number of oxazole rings is 1. The summed E-state index contributed by atoms with van der Waals surface area (Å²) in [5, 5.41) is 16.0. The summed E-state index contributed by atoms with van der Waals surface area (Å²) >= 11 is 0. The first-order valence-corrected chi connectivity index (χ1v) is 12.2. The van der Waals surface area contributed by atoms with Crippen molar-refractivity contribution in [3.63, 3.8) is 0 Å². The minimum atomic E-state index is -0.522. The maximum atomic E-state index is 13.5. The number of aromatic nitrogens is 2. The van der Waals surface area contributed by atoms with E-state index in [4.69, 9.17) is 9.40 Å². The minimum absolute atomic E-state index is 0.0290. The predicted octanol–water partition coefficient (Wildman–Crippen LogP) is 4.86. The minimum Gasteiger partial charge on any atom is -0.445 e. The highest BCUT2D eigenvalue weighted by Crippen LogP contribution is 2.54. The zero-order chi connectivity index (χ0) is 24.6. The second kappa shape index (κ2) is 9.00. The molecule has 0 unspecified atom stereocenters. The van der Waals surface area contributed by atoms with Crippen LogP contribution in [0.3, 0.4) is 0 Å². The SMILES string of the molecule is Cc1ccc(NC(=O)c2ccc(NC(C)(C)CO)nc2N2CCC3(CC2)CC3)cc1-c1ncco1. The first-order valence-electron chi connectivity index (χ1n) is 12.2. The molecule has 2 fully saturated rings. The lowest BCUT2D eigenvalue weighted by molar-refractivity contribution is 0.102. The van der Waals surface area contributed by atoms with Gasteiger partial charge in [0.05, 0.1) is 23.9 Å². The molecule has 5 rings (SSSR count). The van der Waals surface area contributed by atoms with Gasteiger partial charge in [0.25, 0.3) is 5.91 Å². The van der Waals surface area contributed by atoms with Gasteiger partial charge in [0, 0.05) is 24.3 Å². The van der Waals surface area contributed by atoms with Gasteiger partial charge in [-0.2, -0.15) is 0 Å². The summed E-state index contributed by atoms with van der Waals surface area (Å²) in [5.41, 5.74) is 3.04. The Morgan fingerprint density at radius 1 is 1.17 bits per heavy atom. The normalized spacial score (nSPS) is 16.9. The van der Waals surface area contributed by atoms with Crippen molar-refractivity contribution in [2.24, 2.45) is 5.41 Å². The molecule has 1 spiro atoms. The molecule has 1 amide bonds. The van der Waals surface area contributed by atoms with Crippen LogP contribution in [0, 0.1) is 12.3 Å². The summed E-state index contributed by atoms with van der Waals surface area (Å²) in [4.78, 5) is 24.8. The largest absolute Gasteiger partial charge is 0.445 e. The van der Waals surface area contributed by atoms with Crippen molar-refractivity contribution in [3.05, 3.63) is 53.9 Å². The molecule has 8 nitrogen and oxygen atoms in total. The highest BCUT2D eigenvalue weighted by atomic mass is 16.3. The van der Waals surface area contributed by atoms with Crippen molar-refractivity contribution in [2.75, 3.05) is 35.2 Å². The van der Waals surface area contributed by atoms with E-state index in [0.717, 1.165) is 37.1 Å². The molecule has 3 heterocycles. The third kappa shape index (κ3) is 5.03. The van der Waals surface area contributed by atoms with Crippen LogP contribution in [0.4, 0.5) is 17.3 Å². The van der Waals surface area contributed by atoms with Crippen molar-refractivity contribution in [2.45, 2.75) is 52.0 Å². The molecule has 3 aromatic rings. The Hall–Kier alpha value is -3.39. The number of aliphatic hydroxyl groups excluding tert-OH is 1. The number of hydrogen-bond donors (Lipinski definition) is 3. The molecule has 2 aliphatic rings. The van der Waals surface area contributed by atoms with Crippen LogP contribution in [0.1, 0.15) is 55.5 Å². The predicted molar refractivity (Wildman–Crippen MR) is 137 cm³/mol. The van der Waals surface area contributed by atoms with Crippen LogP contribution < -0.4 is 15.5 Å². The van der Waals surface area contributed by atoms with Crippen LogP contribution in [0.5, 0.6) is 0 Å². The molecule has 8 heteroatoms. The van der Waals surface area contributed by atoms with E-state index in [1.54, 1.807) is 12.3 Å². The number of benzene rings is 1. The van der Waals surface area contributed by atoms with Gasteiger partial charge in [-0.1, -0.05) is 6.07 Å². The fourth-order valence-electron chi connectivity index (χ4n) is 4.68. The average Bonchev–Trinajstić information content (AvgIpc) is 3.37. The standard InChI is InChI=1S/C27H33N5O3/c1-18-4-5-19(16-21(18)25-28-12-15-35-25)29-24(34)20-6-7-22(31-26(2,3)17-33)30-23(20)32-13-10-27(8-9-27)11-14-32/h4-7,12,15-16,33H,8-11,13-14,17H2,1-3H3,(H,29,34)(H,30,31). The number of hydrogen-bond acceptors (Lipinski definition) is 7. The van der Waals surface area contributed by atoms with E-state index in [2.05, 4.69) is 20.5 Å². The fourth-order valence-corrected chi connectivity index (χ4v) is 4.68. The summed E-state index contributed by atoms with van der Waals surface area (Å²) in [7, 11) is 0. The van der Waals surface area contributed by atoms with Gasteiger partial charge in [0.1, 0.15) is 17.9 Å². The van der Waals surface area contributed by atoms with Crippen LogP contribution in [0.25, 0.3) is 11.5 Å². The van der Waals surface area contributed by atoms with Gasteiger partial charge in [0.15, 0.2) is 0 Å². The number of nitrogens with one attached hydrogen (secondary N) is 2. The Morgan fingerprint density at radius 2 is 1.94 bits per heavy atom. The Balaban J connectivity index is 1.42. The fraction of sp³-hybridized carbons (Fsp3) is 0.444. The number of carbonyl (C=O) groups is 1. The third-order valence-electron chi connectivity index (χ3n) is 7.22. The molecular formula is C27H33N5O3. The van der Waals surface area contributed by atoms with Gasteiger partial charge in [-0.25, -0.2) is 9.97 Å². The van der Waals surface area contributed by atoms with Crippen LogP contribution in [0.15, 0.2) is 47.2 Å². The number of nitrogens with zero attached hydrogens (tertiary/aromatic N) is 3. The second-order valence-corrected chi connectivity index (χ2v) is 10.5. The zero-order valence-corrected chi connectivity index (χ0v) is 20.6. The van der Waals surface area contributed by atoms with Crippen LogP contribution >= 0.6 is 0 Å². The van der Waals surface area contributed by atoms with Crippen LogP contribution in [0.2, 0.25) is 0 Å². The van der Waals surface area contributed by atoms with Gasteiger partial charge >= 0.3 is 0 Å². The van der Waals surface area contributed by atoms with Crippen molar-refractivity contribution in [1.29, 1.82) is 0 Å². The maximum Gasteiger partial charge on any atom is 0.259 e. The van der Waals surface area contributed by atoms with Gasteiger partial charge in [-0.3, -0.25) is 4.79 Å². The van der Waals surface area contributed by atoms with E-state index >= 15 is 0 Å². The molecule has 1 aromatic carbocycles. The maximum absolute atomic E-state index is 13.5. The van der Waals surface area contributed by atoms with E-state index in [9.17, 15) is 9.90 Å². The molecule has 1 aliphatic carbocycles. The quantitative estimate of drug-likeness (QED) is 0.448. The average molecular weight is 476 g/mol. The molecule has 35 heavy (non-hydrogen) atoms. The molecule has 3 N–H and O–H groups in total. The molecule has 1 saturated carbocycles. The van der Waals surface area contributed by atoms with Crippen LogP contribution in [-0.2, 0) is 0 Å². The number of pyridine rings is 1. The summed E-state index contributed by atoms with van der Waals surface area (Å²) in [6.45, 7) is 7.55. The van der Waals surface area contributed by atoms with Gasteiger partial charge < -0.3 is 25.1 Å². The highest BCUT2D eigenvalue weighted by molar-refractivity contribution is 6.08. The number of rotatable bonds is 7. The summed E-state index contributed by atoms with van der Waals surface area (Å²) in [6.07, 6.45) is 8.04. The Morgan fingerprint density at radius 3 is 2.60 bits per heavy atom. The number of piperidine rings is 1. The van der Waals surface area contributed by atoms with E-state index in [-0.39, 0.29) is 12.5 Å². The van der Waals surface area contributed by atoms with E-state index in [1.165, 1.54) is 19.1 Å².